The van der Waals surface area contributed by atoms with E-state index >= 15 is 0 Å². The summed E-state index contributed by atoms with van der Waals surface area (Å²) in [5.41, 5.74) is 0.916. The molecule has 0 saturated carbocycles. The third kappa shape index (κ3) is 4.30. The first-order valence-corrected chi connectivity index (χ1v) is 7.59. The van der Waals surface area contributed by atoms with Crippen LogP contribution >= 0.6 is 0 Å². The quantitative estimate of drug-likeness (QED) is 0.780. The summed E-state index contributed by atoms with van der Waals surface area (Å²) in [7, 11) is 3.91. The fourth-order valence-corrected chi connectivity index (χ4v) is 2.90. The number of likely N-dealkylation sites (N-methyl/N-ethyl adjacent to an activating group) is 2. The minimum absolute atomic E-state index is 0.0833. The number of piperazine rings is 1. The molecule has 0 radical (unpaired) electrons. The van der Waals surface area contributed by atoms with Crippen molar-refractivity contribution in [3.8, 4) is 0 Å². The molecule has 1 fully saturated rings. The van der Waals surface area contributed by atoms with Crippen LogP contribution < -0.4 is 0 Å². The van der Waals surface area contributed by atoms with Crippen LogP contribution in [-0.4, -0.2) is 85.2 Å². The second kappa shape index (κ2) is 7.20. The van der Waals surface area contributed by atoms with Gasteiger partial charge in [-0.1, -0.05) is 6.08 Å². The highest BCUT2D eigenvalue weighted by atomic mass is 16.3. The van der Waals surface area contributed by atoms with E-state index in [1.54, 1.807) is 11.9 Å². The smallest absolute Gasteiger partial charge is 0.249 e. The number of hydrogen-bond donors (Lipinski definition) is 1. The fourth-order valence-electron chi connectivity index (χ4n) is 2.90. The van der Waals surface area contributed by atoms with Crippen molar-refractivity contribution in [3.63, 3.8) is 0 Å². The second-order valence-corrected chi connectivity index (χ2v) is 6.06. The van der Waals surface area contributed by atoms with Gasteiger partial charge in [-0.25, -0.2) is 0 Å². The molecular weight excluding hydrogens is 254 g/mol. The van der Waals surface area contributed by atoms with E-state index in [1.807, 2.05) is 6.08 Å². The Morgan fingerprint density at radius 1 is 1.40 bits per heavy atom. The lowest BCUT2D eigenvalue weighted by Gasteiger charge is -2.34. The second-order valence-electron chi connectivity index (χ2n) is 6.06. The van der Waals surface area contributed by atoms with Gasteiger partial charge in [-0.3, -0.25) is 9.69 Å². The number of β-amino-alcohol motifs (C(OH)–C–C–N with tert-alkyl or cyclic N) is 1. The Balaban J connectivity index is 1.73. The van der Waals surface area contributed by atoms with Crippen LogP contribution in [0.3, 0.4) is 0 Å². The number of carbonyl (C=O) groups is 1. The maximum atomic E-state index is 12.1. The van der Waals surface area contributed by atoms with Gasteiger partial charge in [-0.05, 0) is 26.3 Å². The molecule has 2 aliphatic rings. The number of carbonyl (C=O) groups excluding carboxylic acids is 1. The van der Waals surface area contributed by atoms with Crippen LogP contribution in [0.25, 0.3) is 0 Å². The molecule has 0 aromatic rings. The van der Waals surface area contributed by atoms with Gasteiger partial charge in [-0.2, -0.15) is 0 Å². The molecule has 0 aromatic carbocycles. The molecule has 114 valence electrons. The molecule has 5 heteroatoms. The maximum absolute atomic E-state index is 12.1. The number of aliphatic hydroxyl groups is 1. The molecule has 5 nitrogen and oxygen atoms in total. The van der Waals surface area contributed by atoms with E-state index in [0.717, 1.165) is 51.0 Å². The third-order valence-electron chi connectivity index (χ3n) is 4.21. The van der Waals surface area contributed by atoms with Crippen molar-refractivity contribution in [2.45, 2.75) is 25.4 Å². The Morgan fingerprint density at radius 3 is 2.70 bits per heavy atom. The van der Waals surface area contributed by atoms with Crippen molar-refractivity contribution >= 4 is 5.91 Å². The SMILES string of the molecule is CN1CCN(CC(O)CN(C)C(=O)C2=CCCC2)CC1. The summed E-state index contributed by atoms with van der Waals surface area (Å²) in [6, 6.07) is 0. The van der Waals surface area contributed by atoms with Gasteiger partial charge in [0.05, 0.1) is 6.10 Å². The number of allylic oxidation sites excluding steroid dienone is 1. The van der Waals surface area contributed by atoms with E-state index in [0.29, 0.717) is 13.1 Å². The zero-order valence-corrected chi connectivity index (χ0v) is 12.7. The first kappa shape index (κ1) is 15.5. The van der Waals surface area contributed by atoms with Crippen molar-refractivity contribution in [1.29, 1.82) is 0 Å². The Morgan fingerprint density at radius 2 is 2.10 bits per heavy atom. The summed E-state index contributed by atoms with van der Waals surface area (Å²) in [4.78, 5) is 18.4. The highest BCUT2D eigenvalue weighted by Gasteiger charge is 2.22. The van der Waals surface area contributed by atoms with Crippen LogP contribution in [-0.2, 0) is 4.79 Å². The number of amides is 1. The van der Waals surface area contributed by atoms with Crippen molar-refractivity contribution < 1.29 is 9.90 Å². The Kier molecular flexibility index (Phi) is 5.57. The van der Waals surface area contributed by atoms with Crippen LogP contribution in [0, 0.1) is 0 Å². The number of aliphatic hydroxyl groups excluding tert-OH is 1. The van der Waals surface area contributed by atoms with Gasteiger partial charge in [0.2, 0.25) is 5.91 Å². The van der Waals surface area contributed by atoms with Gasteiger partial charge < -0.3 is 14.9 Å². The fraction of sp³-hybridized carbons (Fsp3) is 0.800. The topological polar surface area (TPSA) is 47.0 Å². The standard InChI is InChI=1S/C15H27N3O2/c1-16-7-9-18(10-8-16)12-14(19)11-17(2)15(20)13-5-3-4-6-13/h5,14,19H,3-4,6-12H2,1-2H3. The van der Waals surface area contributed by atoms with Crippen molar-refractivity contribution in [1.82, 2.24) is 14.7 Å². The number of rotatable bonds is 5. The van der Waals surface area contributed by atoms with Crippen LogP contribution in [0.4, 0.5) is 0 Å². The minimum atomic E-state index is -0.464. The molecule has 1 heterocycles. The lowest BCUT2D eigenvalue weighted by Crippen LogP contribution is -2.49. The van der Waals surface area contributed by atoms with Crippen LogP contribution in [0.5, 0.6) is 0 Å². The maximum Gasteiger partial charge on any atom is 0.249 e. The number of hydrogen-bond acceptors (Lipinski definition) is 4. The Hall–Kier alpha value is -0.910. The highest BCUT2D eigenvalue weighted by molar-refractivity contribution is 5.93. The van der Waals surface area contributed by atoms with E-state index in [2.05, 4.69) is 16.8 Å². The van der Waals surface area contributed by atoms with Gasteiger partial charge in [0.1, 0.15) is 0 Å². The van der Waals surface area contributed by atoms with Gasteiger partial charge in [-0.15, -0.1) is 0 Å². The van der Waals surface area contributed by atoms with E-state index in [4.69, 9.17) is 0 Å². The lowest BCUT2D eigenvalue weighted by atomic mass is 10.2. The Labute approximate surface area is 121 Å². The van der Waals surface area contributed by atoms with Crippen molar-refractivity contribution in [3.05, 3.63) is 11.6 Å². The molecule has 2 rings (SSSR count). The molecule has 1 aliphatic heterocycles. The molecule has 0 aromatic heterocycles. The Bertz CT molecular complexity index is 362. The molecule has 0 spiro atoms. The summed E-state index contributed by atoms with van der Waals surface area (Å²) in [6.07, 6.45) is 4.55. The minimum Gasteiger partial charge on any atom is -0.390 e. The summed E-state index contributed by atoms with van der Waals surface area (Å²) in [5, 5.41) is 10.2. The summed E-state index contributed by atoms with van der Waals surface area (Å²) >= 11 is 0. The van der Waals surface area contributed by atoms with Crippen molar-refractivity contribution in [2.24, 2.45) is 0 Å². The molecule has 1 saturated heterocycles. The lowest BCUT2D eigenvalue weighted by molar-refractivity contribution is -0.127. The predicted molar refractivity (Wildman–Crippen MR) is 79.5 cm³/mol. The molecule has 0 bridgehead atoms. The van der Waals surface area contributed by atoms with E-state index in [-0.39, 0.29) is 5.91 Å². The van der Waals surface area contributed by atoms with Gasteiger partial charge in [0.25, 0.3) is 0 Å². The van der Waals surface area contributed by atoms with Gasteiger partial charge >= 0.3 is 0 Å². The zero-order valence-electron chi connectivity index (χ0n) is 12.7. The van der Waals surface area contributed by atoms with E-state index in [1.165, 1.54) is 0 Å². The molecule has 20 heavy (non-hydrogen) atoms. The van der Waals surface area contributed by atoms with Gasteiger partial charge in [0.15, 0.2) is 0 Å². The average molecular weight is 281 g/mol. The van der Waals surface area contributed by atoms with E-state index < -0.39 is 6.10 Å². The molecule has 1 unspecified atom stereocenters. The van der Waals surface area contributed by atoms with E-state index in [9.17, 15) is 9.90 Å². The highest BCUT2D eigenvalue weighted by Crippen LogP contribution is 2.19. The molecule has 1 atom stereocenters. The molecule has 1 N–H and O–H groups in total. The molecular formula is C15H27N3O2. The zero-order chi connectivity index (χ0) is 14.5. The summed E-state index contributed by atoms with van der Waals surface area (Å²) < 4.78 is 0. The first-order chi connectivity index (χ1) is 9.56. The normalized spacial score (nSPS) is 22.6. The molecule has 1 amide bonds. The summed E-state index contributed by atoms with van der Waals surface area (Å²) in [5.74, 6) is 0.0833. The molecule has 1 aliphatic carbocycles. The summed E-state index contributed by atoms with van der Waals surface area (Å²) in [6.45, 7) is 5.17. The number of nitrogens with zero attached hydrogens (tertiary/aromatic N) is 3. The third-order valence-corrected chi connectivity index (χ3v) is 4.21. The monoisotopic (exact) mass is 281 g/mol. The van der Waals surface area contributed by atoms with Crippen molar-refractivity contribution in [2.75, 3.05) is 53.4 Å². The first-order valence-electron chi connectivity index (χ1n) is 7.59. The average Bonchev–Trinajstić information content (AvgIpc) is 2.94. The largest absolute Gasteiger partial charge is 0.390 e. The van der Waals surface area contributed by atoms with Crippen LogP contribution in [0.15, 0.2) is 11.6 Å². The van der Waals surface area contributed by atoms with Crippen LogP contribution in [0.1, 0.15) is 19.3 Å². The van der Waals surface area contributed by atoms with Crippen LogP contribution in [0.2, 0.25) is 0 Å². The van der Waals surface area contributed by atoms with Gasteiger partial charge in [0, 0.05) is 51.9 Å². The predicted octanol–water partition coefficient (Wildman–Crippen LogP) is 0.163.